The first-order chi connectivity index (χ1) is 17.9. The lowest BCUT2D eigenvalue weighted by Gasteiger charge is -2.12. The van der Waals surface area contributed by atoms with Crippen LogP contribution in [0.2, 0.25) is 10.0 Å². The highest BCUT2D eigenvalue weighted by Crippen LogP contribution is 2.41. The quantitative estimate of drug-likeness (QED) is 0.208. The summed E-state index contributed by atoms with van der Waals surface area (Å²) >= 11 is 12.9. The zero-order valence-corrected chi connectivity index (χ0v) is 21.0. The van der Waals surface area contributed by atoms with E-state index >= 15 is 0 Å². The van der Waals surface area contributed by atoms with E-state index in [0.717, 1.165) is 16.7 Å². The molecule has 0 aliphatic rings. The Morgan fingerprint density at radius 3 is 2.43 bits per heavy atom. The van der Waals surface area contributed by atoms with Gasteiger partial charge in [-0.1, -0.05) is 54.4 Å². The molecule has 1 amide bonds. The summed E-state index contributed by atoms with van der Waals surface area (Å²) in [6.45, 7) is 0.938. The van der Waals surface area contributed by atoms with Gasteiger partial charge in [0.25, 0.3) is 0 Å². The Balaban J connectivity index is 1.77. The minimum Gasteiger partial charge on any atom is -0.432 e. The summed E-state index contributed by atoms with van der Waals surface area (Å²) in [7, 11) is 0. The molecule has 0 saturated heterocycles. The number of carbonyl (C=O) groups excluding carboxylic acids is 2. The lowest BCUT2D eigenvalue weighted by atomic mass is 9.96. The van der Waals surface area contributed by atoms with Crippen molar-refractivity contribution in [3.8, 4) is 33.5 Å². The number of furan rings is 1. The van der Waals surface area contributed by atoms with Gasteiger partial charge in [0, 0.05) is 34.3 Å². The molecule has 3 aromatic heterocycles. The summed E-state index contributed by atoms with van der Waals surface area (Å²) in [6, 6.07) is 14.6. The van der Waals surface area contributed by atoms with E-state index in [0.29, 0.717) is 32.3 Å². The smallest absolute Gasteiger partial charge is 0.250 e. The van der Waals surface area contributed by atoms with Gasteiger partial charge in [0.05, 0.1) is 22.3 Å². The SMILES string of the molecule is CCC(=O)c1oc2nc(-c3ccc(-c4cn[nH]c4)cc3Cl)c(-c3ccc(Cl)cc3)cc2c1NC(=O)CO. The average Bonchev–Trinajstić information content (AvgIpc) is 3.56. The number of amides is 1. The topological polar surface area (TPSA) is 121 Å². The van der Waals surface area contributed by atoms with Crippen molar-refractivity contribution in [1.29, 1.82) is 0 Å². The van der Waals surface area contributed by atoms with Crippen molar-refractivity contribution in [3.05, 3.63) is 76.7 Å². The zero-order valence-electron chi connectivity index (χ0n) is 19.5. The number of carbonyl (C=O) groups is 2. The molecule has 8 nitrogen and oxygen atoms in total. The molecular formula is C27H20Cl2N4O4. The van der Waals surface area contributed by atoms with Crippen molar-refractivity contribution in [2.45, 2.75) is 13.3 Å². The molecule has 0 saturated carbocycles. The highest BCUT2D eigenvalue weighted by atomic mass is 35.5. The summed E-state index contributed by atoms with van der Waals surface area (Å²) in [5.41, 5.74) is 4.69. The summed E-state index contributed by atoms with van der Waals surface area (Å²) in [5, 5.41) is 20.1. The van der Waals surface area contributed by atoms with E-state index < -0.39 is 12.5 Å². The molecule has 0 unspecified atom stereocenters. The maximum absolute atomic E-state index is 12.6. The molecule has 10 heteroatoms. The number of nitrogens with zero attached hydrogens (tertiary/aromatic N) is 2. The monoisotopic (exact) mass is 534 g/mol. The van der Waals surface area contributed by atoms with Crippen LogP contribution in [0.25, 0.3) is 44.6 Å². The van der Waals surface area contributed by atoms with Crippen LogP contribution in [0.5, 0.6) is 0 Å². The van der Waals surface area contributed by atoms with Crippen molar-refractivity contribution in [3.63, 3.8) is 0 Å². The minimum absolute atomic E-state index is 0.0348. The molecule has 3 heterocycles. The lowest BCUT2D eigenvalue weighted by molar-refractivity contribution is -0.118. The van der Waals surface area contributed by atoms with Gasteiger partial charge in [-0.15, -0.1) is 0 Å². The van der Waals surface area contributed by atoms with E-state index in [1.165, 1.54) is 0 Å². The van der Waals surface area contributed by atoms with Crippen LogP contribution in [-0.2, 0) is 4.79 Å². The molecule has 0 spiro atoms. The van der Waals surface area contributed by atoms with Gasteiger partial charge >= 0.3 is 0 Å². The van der Waals surface area contributed by atoms with Crippen molar-refractivity contribution in [2.24, 2.45) is 0 Å². The van der Waals surface area contributed by atoms with Gasteiger partial charge < -0.3 is 14.8 Å². The zero-order chi connectivity index (χ0) is 26.1. The predicted octanol–water partition coefficient (Wildman–Crippen LogP) is 6.38. The number of Topliss-reactive ketones (excluding diaryl/α,β-unsaturated/α-hetero) is 1. The third-order valence-corrected chi connectivity index (χ3v) is 6.44. The van der Waals surface area contributed by atoms with Gasteiger partial charge in [-0.2, -0.15) is 5.10 Å². The number of anilines is 1. The maximum atomic E-state index is 12.6. The molecule has 3 N–H and O–H groups in total. The molecule has 0 radical (unpaired) electrons. The summed E-state index contributed by atoms with van der Waals surface area (Å²) in [6.07, 6.45) is 3.62. The Kier molecular flexibility index (Phi) is 6.80. The number of aliphatic hydroxyl groups is 1. The number of nitrogens with one attached hydrogen (secondary N) is 2. The van der Waals surface area contributed by atoms with Gasteiger partial charge in [-0.25, -0.2) is 4.98 Å². The second kappa shape index (κ2) is 10.2. The van der Waals surface area contributed by atoms with Crippen LogP contribution in [0.1, 0.15) is 23.9 Å². The average molecular weight is 535 g/mol. The maximum Gasteiger partial charge on any atom is 0.250 e. The molecule has 37 heavy (non-hydrogen) atoms. The van der Waals surface area contributed by atoms with Crippen molar-refractivity contribution in [1.82, 2.24) is 15.2 Å². The van der Waals surface area contributed by atoms with Gasteiger partial charge in [0.1, 0.15) is 12.3 Å². The van der Waals surface area contributed by atoms with E-state index in [4.69, 9.17) is 32.6 Å². The van der Waals surface area contributed by atoms with Gasteiger partial charge in [-0.05, 0) is 35.4 Å². The van der Waals surface area contributed by atoms with Crippen molar-refractivity contribution < 1.29 is 19.1 Å². The molecular weight excluding hydrogens is 515 g/mol. The first-order valence-electron chi connectivity index (χ1n) is 11.4. The Morgan fingerprint density at radius 2 is 1.78 bits per heavy atom. The number of ketones is 1. The van der Waals surface area contributed by atoms with Crippen molar-refractivity contribution >= 4 is 51.7 Å². The highest BCUT2D eigenvalue weighted by molar-refractivity contribution is 6.34. The number of rotatable bonds is 7. The molecule has 5 rings (SSSR count). The third-order valence-electron chi connectivity index (χ3n) is 5.88. The molecule has 0 aliphatic heterocycles. The number of aliphatic hydroxyl groups excluding tert-OH is 1. The minimum atomic E-state index is -0.749. The molecule has 0 aliphatic carbocycles. The fourth-order valence-electron chi connectivity index (χ4n) is 4.03. The summed E-state index contributed by atoms with van der Waals surface area (Å²) in [5.74, 6) is -1.03. The van der Waals surface area contributed by atoms with Crippen LogP contribution in [0.3, 0.4) is 0 Å². The van der Waals surface area contributed by atoms with E-state index in [1.54, 1.807) is 37.5 Å². The van der Waals surface area contributed by atoms with E-state index in [1.807, 2.05) is 30.3 Å². The first-order valence-corrected chi connectivity index (χ1v) is 12.1. The standard InChI is InChI=1S/C27H20Cl2N4O4/c1-2-22(35)26-25(32-23(36)13-34)20-10-19(14-3-6-17(28)7-4-14)24(33-27(20)37-26)18-8-5-15(9-21(18)29)16-11-30-31-12-16/h3-12,34H,2,13H2,1H3,(H,30,31)(H,32,36). The number of aromatic amines is 1. The normalized spacial score (nSPS) is 11.1. The number of hydrogen-bond acceptors (Lipinski definition) is 6. The third kappa shape index (κ3) is 4.74. The molecule has 5 aromatic rings. The van der Waals surface area contributed by atoms with Crippen LogP contribution in [0.15, 0.2) is 65.3 Å². The number of benzene rings is 2. The van der Waals surface area contributed by atoms with Crippen molar-refractivity contribution in [2.75, 3.05) is 11.9 Å². The molecule has 0 bridgehead atoms. The van der Waals surface area contributed by atoms with E-state index in [-0.39, 0.29) is 29.4 Å². The van der Waals surface area contributed by atoms with Crippen LogP contribution in [-0.4, -0.2) is 38.6 Å². The molecule has 0 atom stereocenters. The fraction of sp³-hybridized carbons (Fsp3) is 0.111. The summed E-state index contributed by atoms with van der Waals surface area (Å²) in [4.78, 5) is 29.5. The van der Waals surface area contributed by atoms with Crippen LogP contribution >= 0.6 is 23.2 Å². The predicted molar refractivity (Wildman–Crippen MR) is 143 cm³/mol. The number of pyridine rings is 1. The lowest BCUT2D eigenvalue weighted by Crippen LogP contribution is -2.17. The van der Waals surface area contributed by atoms with Gasteiger partial charge in [0.2, 0.25) is 11.6 Å². The Bertz CT molecular complexity index is 1630. The van der Waals surface area contributed by atoms with Gasteiger partial charge in [-0.3, -0.25) is 14.7 Å². The Morgan fingerprint density at radius 1 is 1.03 bits per heavy atom. The second-order valence-corrected chi connectivity index (χ2v) is 9.06. The Labute approximate surface area is 221 Å². The number of halogens is 2. The van der Waals surface area contributed by atoms with Crippen LogP contribution in [0, 0.1) is 0 Å². The van der Waals surface area contributed by atoms with E-state index in [9.17, 15) is 14.7 Å². The van der Waals surface area contributed by atoms with Crippen LogP contribution in [0.4, 0.5) is 5.69 Å². The molecule has 186 valence electrons. The number of H-pyrrole nitrogens is 1. The highest BCUT2D eigenvalue weighted by Gasteiger charge is 2.25. The number of aromatic nitrogens is 3. The van der Waals surface area contributed by atoms with E-state index in [2.05, 4.69) is 15.5 Å². The van der Waals surface area contributed by atoms with Crippen LogP contribution < -0.4 is 5.32 Å². The number of hydrogen-bond donors (Lipinski definition) is 3. The Hall–Kier alpha value is -3.98. The largest absolute Gasteiger partial charge is 0.432 e. The fourth-order valence-corrected chi connectivity index (χ4v) is 4.43. The number of fused-ring (bicyclic) bond motifs is 1. The van der Waals surface area contributed by atoms with Gasteiger partial charge in [0.15, 0.2) is 11.5 Å². The molecule has 0 fully saturated rings. The molecule has 2 aromatic carbocycles. The first kappa shape index (κ1) is 24.7. The summed E-state index contributed by atoms with van der Waals surface area (Å²) < 4.78 is 5.86. The second-order valence-electron chi connectivity index (χ2n) is 8.21.